The van der Waals surface area contributed by atoms with Gasteiger partial charge in [-0.1, -0.05) is 11.6 Å². The molecule has 0 aliphatic heterocycles. The molecule has 120 valence electrons. The maximum absolute atomic E-state index is 12.2. The molecule has 24 heavy (non-hydrogen) atoms. The molecular weight excluding hydrogens is 352 g/mol. The van der Waals surface area contributed by atoms with Crippen molar-refractivity contribution < 1.29 is 8.42 Å². The fourth-order valence-corrected chi connectivity index (χ4v) is 2.64. The van der Waals surface area contributed by atoms with E-state index in [0.29, 0.717) is 5.69 Å². The van der Waals surface area contributed by atoms with Crippen molar-refractivity contribution in [2.75, 3.05) is 10.0 Å². The summed E-state index contributed by atoms with van der Waals surface area (Å²) in [7, 11) is -3.83. The topological polar surface area (TPSA) is 132 Å². The summed E-state index contributed by atoms with van der Waals surface area (Å²) >= 11 is 5.59. The van der Waals surface area contributed by atoms with Gasteiger partial charge in [0, 0.05) is 11.9 Å². The van der Waals surface area contributed by atoms with Gasteiger partial charge in [-0.05, 0) is 36.4 Å². The monoisotopic (exact) mass is 360 g/mol. The Labute approximate surface area is 143 Å². The standard InChI is InChI=1S/C14H9ClN6O2S/c15-13-5-6-14(20-19-13)21-24(22,23)12-3-1-11(2-4-12)18-9-10(7-16)8-17/h1-6,9,18H,(H,20,21). The Hall–Kier alpha value is -3.14. The lowest BCUT2D eigenvalue weighted by Crippen LogP contribution is -2.14. The Morgan fingerprint density at radius 2 is 1.75 bits per heavy atom. The summed E-state index contributed by atoms with van der Waals surface area (Å²) in [6.45, 7) is 0. The van der Waals surface area contributed by atoms with Crippen molar-refractivity contribution in [3.8, 4) is 12.1 Å². The van der Waals surface area contributed by atoms with Gasteiger partial charge in [-0.25, -0.2) is 8.42 Å². The van der Waals surface area contributed by atoms with E-state index in [1.807, 2.05) is 0 Å². The number of benzene rings is 1. The van der Waals surface area contributed by atoms with Crippen LogP contribution in [0.5, 0.6) is 0 Å². The molecule has 0 unspecified atom stereocenters. The minimum atomic E-state index is -3.83. The van der Waals surface area contributed by atoms with Crippen LogP contribution in [0.3, 0.4) is 0 Å². The van der Waals surface area contributed by atoms with Gasteiger partial charge < -0.3 is 5.32 Å². The largest absolute Gasteiger partial charge is 0.360 e. The van der Waals surface area contributed by atoms with Crippen molar-refractivity contribution in [2.45, 2.75) is 4.90 Å². The third-order valence-electron chi connectivity index (χ3n) is 2.66. The zero-order chi connectivity index (χ0) is 17.6. The molecule has 0 spiro atoms. The summed E-state index contributed by atoms with van der Waals surface area (Å²) < 4.78 is 26.7. The predicted octanol–water partition coefficient (Wildman–Crippen LogP) is 2.27. The van der Waals surface area contributed by atoms with Crippen LogP contribution in [0.15, 0.2) is 53.1 Å². The molecule has 2 N–H and O–H groups in total. The lowest BCUT2D eigenvalue weighted by atomic mass is 10.3. The number of nitrogens with one attached hydrogen (secondary N) is 2. The number of anilines is 2. The first kappa shape index (κ1) is 17.2. The van der Waals surface area contributed by atoms with Gasteiger partial charge >= 0.3 is 0 Å². The molecule has 0 saturated carbocycles. The summed E-state index contributed by atoms with van der Waals surface area (Å²) in [4.78, 5) is 0.00886. The van der Waals surface area contributed by atoms with E-state index in [2.05, 4.69) is 20.2 Å². The number of sulfonamides is 1. The molecule has 0 amide bonds. The van der Waals surface area contributed by atoms with E-state index in [9.17, 15) is 8.42 Å². The Morgan fingerprint density at radius 3 is 2.29 bits per heavy atom. The van der Waals surface area contributed by atoms with Crippen LogP contribution in [0, 0.1) is 22.7 Å². The van der Waals surface area contributed by atoms with Gasteiger partial charge in [0.15, 0.2) is 11.0 Å². The molecule has 10 heteroatoms. The maximum Gasteiger partial charge on any atom is 0.263 e. The van der Waals surface area contributed by atoms with Gasteiger partial charge in [-0.15, -0.1) is 10.2 Å². The number of hydrogen-bond acceptors (Lipinski definition) is 7. The van der Waals surface area contributed by atoms with Crippen LogP contribution in [0.2, 0.25) is 5.15 Å². The first-order valence-electron chi connectivity index (χ1n) is 6.33. The highest BCUT2D eigenvalue weighted by Crippen LogP contribution is 2.17. The Morgan fingerprint density at radius 1 is 1.08 bits per heavy atom. The summed E-state index contributed by atoms with van der Waals surface area (Å²) in [5, 5.41) is 27.3. The van der Waals surface area contributed by atoms with Crippen LogP contribution < -0.4 is 10.0 Å². The Kier molecular flexibility index (Phi) is 5.32. The lowest BCUT2D eigenvalue weighted by molar-refractivity contribution is 0.601. The van der Waals surface area contributed by atoms with Crippen LogP contribution >= 0.6 is 11.6 Å². The highest BCUT2D eigenvalue weighted by molar-refractivity contribution is 7.92. The number of nitrogens with zero attached hydrogens (tertiary/aromatic N) is 4. The normalized spacial score (nSPS) is 10.1. The number of nitriles is 2. The van der Waals surface area contributed by atoms with Crippen LogP contribution in [0.25, 0.3) is 0 Å². The fourth-order valence-electron chi connectivity index (χ4n) is 1.54. The highest BCUT2D eigenvalue weighted by atomic mass is 35.5. The zero-order valence-corrected chi connectivity index (χ0v) is 13.5. The molecule has 0 radical (unpaired) electrons. The van der Waals surface area contributed by atoms with Crippen molar-refractivity contribution in [3.63, 3.8) is 0 Å². The smallest absolute Gasteiger partial charge is 0.263 e. The number of rotatable bonds is 5. The van der Waals surface area contributed by atoms with Gasteiger partial charge in [0.2, 0.25) is 0 Å². The minimum Gasteiger partial charge on any atom is -0.360 e. The van der Waals surface area contributed by atoms with Crippen molar-refractivity contribution in [1.29, 1.82) is 10.5 Å². The van der Waals surface area contributed by atoms with E-state index in [0.717, 1.165) is 0 Å². The van der Waals surface area contributed by atoms with Gasteiger partial charge in [0.25, 0.3) is 10.0 Å². The van der Waals surface area contributed by atoms with Crippen molar-refractivity contribution in [1.82, 2.24) is 10.2 Å². The Bertz CT molecular complexity index is 925. The SMILES string of the molecule is N#CC(C#N)=CNc1ccc(S(=O)(=O)Nc2ccc(Cl)nn2)cc1. The third kappa shape index (κ3) is 4.43. The van der Waals surface area contributed by atoms with E-state index in [1.165, 1.54) is 42.6 Å². The molecule has 0 saturated heterocycles. The third-order valence-corrected chi connectivity index (χ3v) is 4.23. The van der Waals surface area contributed by atoms with E-state index in [-0.39, 0.29) is 21.4 Å². The highest BCUT2D eigenvalue weighted by Gasteiger charge is 2.14. The van der Waals surface area contributed by atoms with Crippen LogP contribution in [-0.2, 0) is 10.0 Å². The summed E-state index contributed by atoms with van der Waals surface area (Å²) in [6, 6.07) is 11.9. The molecule has 2 rings (SSSR count). The zero-order valence-electron chi connectivity index (χ0n) is 11.9. The predicted molar refractivity (Wildman–Crippen MR) is 87.2 cm³/mol. The van der Waals surface area contributed by atoms with Gasteiger partial charge in [0.1, 0.15) is 17.7 Å². The van der Waals surface area contributed by atoms with Crippen LogP contribution in [-0.4, -0.2) is 18.6 Å². The van der Waals surface area contributed by atoms with Gasteiger partial charge in [-0.3, -0.25) is 4.72 Å². The molecule has 2 aromatic rings. The van der Waals surface area contributed by atoms with Crippen LogP contribution in [0.4, 0.5) is 11.5 Å². The maximum atomic E-state index is 12.2. The quantitative estimate of drug-likeness (QED) is 0.781. The van der Waals surface area contributed by atoms with Crippen LogP contribution in [0.1, 0.15) is 0 Å². The van der Waals surface area contributed by atoms with Crippen molar-refractivity contribution in [3.05, 3.63) is 53.3 Å². The number of allylic oxidation sites excluding steroid dienone is 1. The summed E-state index contributed by atoms with van der Waals surface area (Å²) in [6.07, 6.45) is 1.23. The molecule has 0 bridgehead atoms. The summed E-state index contributed by atoms with van der Waals surface area (Å²) in [5.74, 6) is 0.0391. The second-order valence-corrected chi connectivity index (χ2v) is 6.37. The van der Waals surface area contributed by atoms with Crippen molar-refractivity contribution >= 4 is 33.1 Å². The van der Waals surface area contributed by atoms with E-state index in [1.54, 1.807) is 12.1 Å². The molecule has 1 aromatic carbocycles. The van der Waals surface area contributed by atoms with E-state index in [4.69, 9.17) is 22.1 Å². The Balaban J connectivity index is 2.14. The first-order chi connectivity index (χ1) is 11.4. The van der Waals surface area contributed by atoms with Crippen molar-refractivity contribution in [2.24, 2.45) is 0 Å². The van der Waals surface area contributed by atoms with Gasteiger partial charge in [-0.2, -0.15) is 10.5 Å². The molecule has 8 nitrogen and oxygen atoms in total. The second-order valence-electron chi connectivity index (χ2n) is 4.30. The van der Waals surface area contributed by atoms with E-state index < -0.39 is 10.0 Å². The lowest BCUT2D eigenvalue weighted by Gasteiger charge is -2.07. The molecule has 1 heterocycles. The average molecular weight is 361 g/mol. The average Bonchev–Trinajstić information content (AvgIpc) is 2.58. The number of halogens is 1. The number of aromatic nitrogens is 2. The van der Waals surface area contributed by atoms with E-state index >= 15 is 0 Å². The molecule has 0 aliphatic carbocycles. The summed E-state index contributed by atoms with van der Waals surface area (Å²) in [5.41, 5.74) is 0.415. The molecule has 0 fully saturated rings. The second kappa shape index (κ2) is 7.42. The first-order valence-corrected chi connectivity index (χ1v) is 8.20. The fraction of sp³-hybridized carbons (Fsp3) is 0. The minimum absolute atomic E-state index is 0.00886. The molecule has 1 aromatic heterocycles. The molecular formula is C14H9ClN6O2S. The van der Waals surface area contributed by atoms with Gasteiger partial charge in [0.05, 0.1) is 4.90 Å². The molecule has 0 atom stereocenters. The number of hydrogen-bond donors (Lipinski definition) is 2. The molecule has 0 aliphatic rings.